The number of carbonyl (C=O) groups is 2. The number of para-hydroxylation sites is 1. The van der Waals surface area contributed by atoms with Crippen LogP contribution in [0.3, 0.4) is 0 Å². The number of ether oxygens (including phenoxy) is 2. The summed E-state index contributed by atoms with van der Waals surface area (Å²) in [7, 11) is -1.77. The predicted molar refractivity (Wildman–Crippen MR) is 86.4 cm³/mol. The minimum absolute atomic E-state index is 0.0454. The van der Waals surface area contributed by atoms with Crippen molar-refractivity contribution in [2.45, 2.75) is 4.90 Å². The first-order chi connectivity index (χ1) is 11.4. The maximum Gasteiger partial charge on any atom is 0.339 e. The summed E-state index contributed by atoms with van der Waals surface area (Å²) in [6.45, 7) is 0. The van der Waals surface area contributed by atoms with Gasteiger partial charge in [0.15, 0.2) is 0 Å². The van der Waals surface area contributed by atoms with Gasteiger partial charge in [-0.25, -0.2) is 18.0 Å². The minimum atomic E-state index is -4.12. The zero-order valence-electron chi connectivity index (χ0n) is 13.0. The van der Waals surface area contributed by atoms with E-state index in [1.54, 1.807) is 12.1 Å². The van der Waals surface area contributed by atoms with E-state index >= 15 is 0 Å². The summed E-state index contributed by atoms with van der Waals surface area (Å²) >= 11 is 0. The second kappa shape index (κ2) is 7.14. The molecule has 2 aromatic carbocycles. The average Bonchev–Trinajstić information content (AvgIpc) is 2.60. The number of methoxy groups -OCH3 is 2. The first-order valence-electron chi connectivity index (χ1n) is 6.78. The van der Waals surface area contributed by atoms with Crippen LogP contribution in [0.5, 0.6) is 0 Å². The third kappa shape index (κ3) is 3.54. The first kappa shape index (κ1) is 17.5. The van der Waals surface area contributed by atoms with E-state index in [1.165, 1.54) is 43.5 Å². The number of carbonyl (C=O) groups excluding carboxylic acids is 2. The van der Waals surface area contributed by atoms with Crippen molar-refractivity contribution in [3.63, 3.8) is 0 Å². The van der Waals surface area contributed by atoms with Gasteiger partial charge in [0.05, 0.1) is 31.0 Å². The molecular weight excluding hydrogens is 334 g/mol. The van der Waals surface area contributed by atoms with Crippen molar-refractivity contribution in [1.29, 1.82) is 0 Å². The molecule has 8 heteroatoms. The van der Waals surface area contributed by atoms with Crippen LogP contribution >= 0.6 is 0 Å². The average molecular weight is 349 g/mol. The Morgan fingerprint density at radius 3 is 1.96 bits per heavy atom. The van der Waals surface area contributed by atoms with Gasteiger partial charge in [0.2, 0.25) is 0 Å². The normalized spacial score (nSPS) is 10.8. The highest BCUT2D eigenvalue weighted by atomic mass is 32.2. The lowest BCUT2D eigenvalue weighted by molar-refractivity contribution is 0.0589. The molecule has 0 spiro atoms. The van der Waals surface area contributed by atoms with Gasteiger partial charge in [-0.15, -0.1) is 0 Å². The van der Waals surface area contributed by atoms with Gasteiger partial charge in [0, 0.05) is 0 Å². The van der Waals surface area contributed by atoms with Crippen LogP contribution in [0.15, 0.2) is 53.4 Å². The van der Waals surface area contributed by atoms with Crippen LogP contribution in [0, 0.1) is 0 Å². The summed E-state index contributed by atoms with van der Waals surface area (Å²) in [6.07, 6.45) is 0. The number of rotatable bonds is 5. The SMILES string of the molecule is COC(=O)c1ccccc1NS(=O)(=O)c1ccccc1C(=O)OC. The van der Waals surface area contributed by atoms with Crippen LogP contribution in [-0.4, -0.2) is 34.6 Å². The molecule has 0 unspecified atom stereocenters. The van der Waals surface area contributed by atoms with Crippen molar-refractivity contribution in [3.8, 4) is 0 Å². The lowest BCUT2D eigenvalue weighted by Crippen LogP contribution is -2.19. The van der Waals surface area contributed by atoms with Gasteiger partial charge in [-0.3, -0.25) is 4.72 Å². The van der Waals surface area contributed by atoms with Gasteiger partial charge >= 0.3 is 11.9 Å². The standard InChI is InChI=1S/C16H15NO6S/c1-22-15(18)11-7-3-5-9-13(11)17-24(20,21)14-10-6-4-8-12(14)16(19)23-2/h3-10,17H,1-2H3. The Balaban J connectivity index is 2.48. The molecular formula is C16H15NO6S. The summed E-state index contributed by atoms with van der Waals surface area (Å²) < 4.78 is 36.8. The second-order valence-electron chi connectivity index (χ2n) is 4.63. The largest absolute Gasteiger partial charge is 0.465 e. The molecule has 1 N–H and O–H groups in total. The topological polar surface area (TPSA) is 98.8 Å². The molecule has 0 fully saturated rings. The molecule has 2 rings (SSSR count). The zero-order valence-corrected chi connectivity index (χ0v) is 13.8. The van der Waals surface area contributed by atoms with Crippen LogP contribution in [-0.2, 0) is 19.5 Å². The van der Waals surface area contributed by atoms with Gasteiger partial charge in [0.25, 0.3) is 10.0 Å². The summed E-state index contributed by atoms with van der Waals surface area (Å²) in [6, 6.07) is 11.6. The van der Waals surface area contributed by atoms with E-state index in [-0.39, 0.29) is 21.7 Å². The van der Waals surface area contributed by atoms with Crippen molar-refractivity contribution in [1.82, 2.24) is 0 Å². The van der Waals surface area contributed by atoms with Crippen LogP contribution in [0.2, 0.25) is 0 Å². The lowest BCUT2D eigenvalue weighted by Gasteiger charge is -2.13. The van der Waals surface area contributed by atoms with Crippen molar-refractivity contribution >= 4 is 27.6 Å². The second-order valence-corrected chi connectivity index (χ2v) is 6.28. The lowest BCUT2D eigenvalue weighted by atomic mass is 10.2. The maximum atomic E-state index is 12.6. The fraction of sp³-hybridized carbons (Fsp3) is 0.125. The molecule has 0 saturated heterocycles. The molecule has 0 radical (unpaired) electrons. The molecule has 0 amide bonds. The quantitative estimate of drug-likeness (QED) is 0.830. The monoisotopic (exact) mass is 349 g/mol. The summed E-state index contributed by atoms with van der Waals surface area (Å²) in [5.41, 5.74) is -0.00816. The van der Waals surface area contributed by atoms with Gasteiger partial charge in [-0.1, -0.05) is 24.3 Å². The van der Waals surface area contributed by atoms with E-state index < -0.39 is 22.0 Å². The van der Waals surface area contributed by atoms with Gasteiger partial charge in [-0.2, -0.15) is 0 Å². The highest BCUT2D eigenvalue weighted by Gasteiger charge is 2.24. The Hall–Kier alpha value is -2.87. The number of benzene rings is 2. The molecule has 0 aromatic heterocycles. The maximum absolute atomic E-state index is 12.6. The molecule has 0 bridgehead atoms. The summed E-state index contributed by atoms with van der Waals surface area (Å²) in [4.78, 5) is 23.3. The summed E-state index contributed by atoms with van der Waals surface area (Å²) in [5, 5.41) is 0. The third-order valence-electron chi connectivity index (χ3n) is 3.16. The molecule has 0 aliphatic heterocycles. The number of sulfonamides is 1. The van der Waals surface area contributed by atoms with E-state index in [1.807, 2.05) is 0 Å². The van der Waals surface area contributed by atoms with Crippen molar-refractivity contribution < 1.29 is 27.5 Å². The Morgan fingerprint density at radius 1 is 0.833 bits per heavy atom. The van der Waals surface area contributed by atoms with Crippen LogP contribution in [0.1, 0.15) is 20.7 Å². The number of esters is 2. The van der Waals surface area contributed by atoms with Gasteiger partial charge in [-0.05, 0) is 24.3 Å². The molecule has 0 aliphatic rings. The molecule has 126 valence electrons. The molecule has 0 heterocycles. The van der Waals surface area contributed by atoms with Crippen molar-refractivity contribution in [2.75, 3.05) is 18.9 Å². The van der Waals surface area contributed by atoms with E-state index in [0.717, 1.165) is 7.11 Å². The van der Waals surface area contributed by atoms with Gasteiger partial charge < -0.3 is 9.47 Å². The molecule has 0 saturated carbocycles. The molecule has 0 atom stereocenters. The minimum Gasteiger partial charge on any atom is -0.465 e. The van der Waals surface area contributed by atoms with Crippen LogP contribution in [0.25, 0.3) is 0 Å². The molecule has 7 nitrogen and oxygen atoms in total. The zero-order chi connectivity index (χ0) is 17.7. The Morgan fingerprint density at radius 2 is 1.33 bits per heavy atom. The predicted octanol–water partition coefficient (Wildman–Crippen LogP) is 2.06. The highest BCUT2D eigenvalue weighted by molar-refractivity contribution is 7.92. The Kier molecular flexibility index (Phi) is 5.20. The number of hydrogen-bond acceptors (Lipinski definition) is 6. The van der Waals surface area contributed by atoms with Crippen molar-refractivity contribution in [2.24, 2.45) is 0 Å². The third-order valence-corrected chi connectivity index (χ3v) is 4.58. The van der Waals surface area contributed by atoms with Crippen LogP contribution in [0.4, 0.5) is 5.69 Å². The number of hydrogen-bond donors (Lipinski definition) is 1. The number of anilines is 1. The molecule has 0 aliphatic carbocycles. The molecule has 2 aromatic rings. The Labute approximate surface area is 139 Å². The number of nitrogens with one attached hydrogen (secondary N) is 1. The summed E-state index contributed by atoms with van der Waals surface area (Å²) in [5.74, 6) is -1.47. The first-order valence-corrected chi connectivity index (χ1v) is 8.26. The van der Waals surface area contributed by atoms with Crippen molar-refractivity contribution in [3.05, 3.63) is 59.7 Å². The van der Waals surface area contributed by atoms with E-state index in [4.69, 9.17) is 0 Å². The van der Waals surface area contributed by atoms with E-state index in [0.29, 0.717) is 0 Å². The van der Waals surface area contributed by atoms with E-state index in [2.05, 4.69) is 14.2 Å². The molecule has 24 heavy (non-hydrogen) atoms. The fourth-order valence-corrected chi connectivity index (χ4v) is 3.32. The highest BCUT2D eigenvalue weighted by Crippen LogP contribution is 2.23. The van der Waals surface area contributed by atoms with Crippen LogP contribution < -0.4 is 4.72 Å². The fourth-order valence-electron chi connectivity index (χ4n) is 2.04. The smallest absolute Gasteiger partial charge is 0.339 e. The van der Waals surface area contributed by atoms with E-state index in [9.17, 15) is 18.0 Å². The van der Waals surface area contributed by atoms with Gasteiger partial charge in [0.1, 0.15) is 4.90 Å². The Bertz CT molecular complexity index is 876.